The highest BCUT2D eigenvalue weighted by atomic mass is 28.4. The van der Waals surface area contributed by atoms with Gasteiger partial charge in [-0.15, -0.1) is 0 Å². The molecule has 5 nitrogen and oxygen atoms in total. The molecule has 0 saturated heterocycles. The maximum atomic E-state index is 13.3. The van der Waals surface area contributed by atoms with Gasteiger partial charge >= 0.3 is 5.97 Å². The molecular weight excluding hydrogens is 451 g/mol. The molecule has 0 bridgehead atoms. The van der Waals surface area contributed by atoms with Crippen LogP contribution >= 0.6 is 0 Å². The molecule has 0 aromatic rings. The predicted molar refractivity (Wildman–Crippen MR) is 145 cm³/mol. The van der Waals surface area contributed by atoms with E-state index in [0.29, 0.717) is 19.3 Å². The van der Waals surface area contributed by atoms with Crippen LogP contribution in [0, 0.1) is 0 Å². The van der Waals surface area contributed by atoms with Crippen molar-refractivity contribution in [1.29, 1.82) is 0 Å². The second kappa shape index (κ2) is 10.4. The fourth-order valence-electron chi connectivity index (χ4n) is 2.32. The minimum absolute atomic E-state index is 0.0118. The third kappa shape index (κ3) is 9.06. The van der Waals surface area contributed by atoms with Gasteiger partial charge in [0.1, 0.15) is 8.24 Å². The summed E-state index contributed by atoms with van der Waals surface area (Å²) in [5, 5.41) is 0.0307. The first kappa shape index (κ1) is 31.6. The fourth-order valence-corrected chi connectivity index (χ4v) is 5.81. The minimum atomic E-state index is -2.23. The van der Waals surface area contributed by atoms with E-state index in [9.17, 15) is 9.59 Å². The lowest BCUT2D eigenvalue weighted by atomic mass is 10.1. The van der Waals surface area contributed by atoms with Crippen LogP contribution in [-0.4, -0.2) is 42.9 Å². The number of rotatable bonds is 9. The first-order chi connectivity index (χ1) is 13.8. The fraction of sp³-hybridized carbons (Fsp3) is 0.917. The molecule has 1 N–H and O–H groups in total. The van der Waals surface area contributed by atoms with Crippen molar-refractivity contribution in [2.75, 3.05) is 0 Å². The molecule has 0 aliphatic carbocycles. The van der Waals surface area contributed by atoms with Crippen LogP contribution < -0.4 is 4.98 Å². The van der Waals surface area contributed by atoms with Crippen molar-refractivity contribution in [2.45, 2.75) is 142 Å². The summed E-state index contributed by atoms with van der Waals surface area (Å²) in [5.41, 5.74) is 0. The van der Waals surface area contributed by atoms with Gasteiger partial charge < -0.3 is 13.8 Å². The average Bonchev–Trinajstić information content (AvgIpc) is 2.49. The summed E-state index contributed by atoms with van der Waals surface area (Å²) in [5.74, 6) is -0.320. The van der Waals surface area contributed by atoms with E-state index in [1.54, 1.807) is 0 Å². The number of hydrogen-bond donors (Lipinski definition) is 1. The van der Waals surface area contributed by atoms with Crippen molar-refractivity contribution in [3.8, 4) is 0 Å². The van der Waals surface area contributed by atoms with Crippen molar-refractivity contribution in [2.24, 2.45) is 0 Å². The van der Waals surface area contributed by atoms with Gasteiger partial charge in [0.15, 0.2) is 0 Å². The molecule has 0 aliphatic heterocycles. The van der Waals surface area contributed by atoms with Gasteiger partial charge in [-0.3, -0.25) is 9.59 Å². The average molecular weight is 504 g/mol. The molecule has 0 radical (unpaired) electrons. The van der Waals surface area contributed by atoms with Gasteiger partial charge in [-0.2, -0.15) is 0 Å². The molecule has 8 heteroatoms. The first-order valence-electron chi connectivity index (χ1n) is 12.1. The molecule has 0 saturated carbocycles. The van der Waals surface area contributed by atoms with E-state index in [1.807, 2.05) is 0 Å². The zero-order valence-corrected chi connectivity index (χ0v) is 26.8. The van der Waals surface area contributed by atoms with E-state index in [1.165, 1.54) is 0 Å². The van der Waals surface area contributed by atoms with Crippen molar-refractivity contribution in [3.05, 3.63) is 0 Å². The number of nitrogens with one attached hydrogen (secondary N) is 1. The molecule has 0 fully saturated rings. The Balaban J connectivity index is 5.39. The summed E-state index contributed by atoms with van der Waals surface area (Å²) >= 11 is 0. The van der Waals surface area contributed by atoms with E-state index in [2.05, 4.69) is 107 Å². The third-order valence-electron chi connectivity index (χ3n) is 7.91. The second-order valence-corrected chi connectivity index (χ2v) is 28.4. The SMILES string of the molecule is CC(C)(C)[Si](C)(C)NC(CCCC(=O)O[Si](C)(C)C(C)(C)C)C(=O)O[Si](C)(C)C(C)(C)C. The van der Waals surface area contributed by atoms with Gasteiger partial charge in [0.2, 0.25) is 0 Å². The minimum Gasteiger partial charge on any atom is -0.519 e. The first-order valence-corrected chi connectivity index (χ1v) is 20.9. The normalized spacial score (nSPS) is 15.3. The van der Waals surface area contributed by atoms with Crippen LogP contribution in [0.1, 0.15) is 81.6 Å². The maximum absolute atomic E-state index is 13.3. The molecule has 1 unspecified atom stereocenters. The smallest absolute Gasteiger partial charge is 0.309 e. The van der Waals surface area contributed by atoms with Crippen LogP contribution in [0.3, 0.4) is 0 Å². The van der Waals surface area contributed by atoms with Crippen LogP contribution in [0.2, 0.25) is 54.4 Å². The molecule has 0 heterocycles. The molecule has 190 valence electrons. The molecule has 0 amide bonds. The Morgan fingerprint density at radius 2 is 1.12 bits per heavy atom. The number of carbonyl (C=O) groups excluding carboxylic acids is 2. The van der Waals surface area contributed by atoms with Crippen molar-refractivity contribution in [1.82, 2.24) is 4.98 Å². The van der Waals surface area contributed by atoms with E-state index in [-0.39, 0.29) is 27.1 Å². The summed E-state index contributed by atoms with van der Waals surface area (Å²) in [6.45, 7) is 32.3. The van der Waals surface area contributed by atoms with Gasteiger partial charge in [-0.05, 0) is 54.1 Å². The van der Waals surface area contributed by atoms with E-state index < -0.39 is 30.9 Å². The monoisotopic (exact) mass is 503 g/mol. The molecular formula is C24H53NO4Si3. The molecule has 0 aromatic heterocycles. The Bertz CT molecular complexity index is 654. The zero-order valence-electron chi connectivity index (χ0n) is 23.8. The highest BCUT2D eigenvalue weighted by molar-refractivity contribution is 6.78. The van der Waals surface area contributed by atoms with Gasteiger partial charge in [0.05, 0.1) is 6.04 Å². The summed E-state index contributed by atoms with van der Waals surface area (Å²) in [4.78, 5) is 29.6. The molecule has 0 rings (SSSR count). The lowest BCUT2D eigenvalue weighted by Crippen LogP contribution is -2.59. The topological polar surface area (TPSA) is 64.6 Å². The van der Waals surface area contributed by atoms with Crippen molar-refractivity contribution >= 4 is 36.8 Å². The molecule has 32 heavy (non-hydrogen) atoms. The van der Waals surface area contributed by atoms with E-state index in [0.717, 1.165) is 0 Å². The van der Waals surface area contributed by atoms with Gasteiger partial charge in [-0.1, -0.05) is 75.4 Å². The van der Waals surface area contributed by atoms with Gasteiger partial charge in [0, 0.05) is 6.42 Å². The highest BCUT2D eigenvalue weighted by Gasteiger charge is 2.44. The Kier molecular flexibility index (Phi) is 10.3. The molecule has 0 aromatic carbocycles. The summed E-state index contributed by atoms with van der Waals surface area (Å²) < 4.78 is 12.1. The standard InChI is InChI=1S/C24H53NO4Si3/c1-22(2,3)30(10,11)25-19(21(27)29-32(14,15)24(7,8)9)17-16-18-20(26)28-31(12,13)23(4,5)6/h19,25H,16-18H2,1-15H3. The summed E-state index contributed by atoms with van der Waals surface area (Å²) in [6.07, 6.45) is 1.51. The van der Waals surface area contributed by atoms with Crippen LogP contribution in [0.5, 0.6) is 0 Å². The lowest BCUT2D eigenvalue weighted by molar-refractivity contribution is -0.139. The largest absolute Gasteiger partial charge is 0.519 e. The van der Waals surface area contributed by atoms with E-state index in [4.69, 9.17) is 8.85 Å². The van der Waals surface area contributed by atoms with Crippen LogP contribution in [0.25, 0.3) is 0 Å². The summed E-state index contributed by atoms with van der Waals surface area (Å²) in [6, 6.07) is -0.398. The Morgan fingerprint density at radius 3 is 1.50 bits per heavy atom. The second-order valence-electron chi connectivity index (χ2n) is 13.9. The maximum Gasteiger partial charge on any atom is 0.309 e. The number of carbonyl (C=O) groups is 2. The van der Waals surface area contributed by atoms with Gasteiger partial charge in [-0.25, -0.2) is 0 Å². The Morgan fingerprint density at radius 1 is 0.719 bits per heavy atom. The summed E-state index contributed by atoms with van der Waals surface area (Å²) in [7, 11) is -6.29. The Labute approximate surface area is 202 Å². The van der Waals surface area contributed by atoms with Crippen LogP contribution in [-0.2, 0) is 18.4 Å². The molecule has 0 spiro atoms. The predicted octanol–water partition coefficient (Wildman–Crippen LogP) is 7.22. The van der Waals surface area contributed by atoms with E-state index >= 15 is 0 Å². The van der Waals surface area contributed by atoms with Crippen LogP contribution in [0.15, 0.2) is 0 Å². The highest BCUT2D eigenvalue weighted by Crippen LogP contribution is 2.38. The van der Waals surface area contributed by atoms with Crippen molar-refractivity contribution in [3.63, 3.8) is 0 Å². The lowest BCUT2D eigenvalue weighted by Gasteiger charge is -2.41. The quantitative estimate of drug-likeness (QED) is 0.336. The molecule has 0 aliphatic rings. The third-order valence-corrected chi connectivity index (χ3v) is 21.4. The molecule has 1 atom stereocenters. The Hall–Kier alpha value is -0.449. The van der Waals surface area contributed by atoms with Crippen molar-refractivity contribution < 1.29 is 18.4 Å². The zero-order chi connectivity index (χ0) is 26.0. The van der Waals surface area contributed by atoms with Gasteiger partial charge in [0.25, 0.3) is 22.6 Å². The number of hydrogen-bond acceptors (Lipinski definition) is 5. The van der Waals surface area contributed by atoms with Crippen LogP contribution in [0.4, 0.5) is 0 Å².